The Morgan fingerprint density at radius 3 is 2.79 bits per heavy atom. The van der Waals surface area contributed by atoms with E-state index < -0.39 is 12.0 Å². The van der Waals surface area contributed by atoms with Gasteiger partial charge in [0.05, 0.1) is 11.4 Å². The lowest BCUT2D eigenvalue weighted by Gasteiger charge is -2.09. The number of hydrogen-bond acceptors (Lipinski definition) is 2. The van der Waals surface area contributed by atoms with E-state index >= 15 is 0 Å². The fraction of sp³-hybridized carbons (Fsp3) is 0.222. The minimum Gasteiger partial charge on any atom is -0.481 e. The van der Waals surface area contributed by atoms with Crippen molar-refractivity contribution >= 4 is 33.5 Å². The van der Waals surface area contributed by atoms with Crippen molar-refractivity contribution in [3.05, 3.63) is 33.3 Å². The molecule has 0 amide bonds. The smallest absolute Gasteiger partial charge is 0.305 e. The molecular weight excluding hydrogens is 269 g/mol. The molecule has 1 aromatic rings. The van der Waals surface area contributed by atoms with Gasteiger partial charge in [-0.15, -0.1) is 0 Å². The number of carbonyl (C=O) groups is 1. The molecule has 0 saturated heterocycles. The highest BCUT2D eigenvalue weighted by molar-refractivity contribution is 9.10. The molecule has 14 heavy (non-hydrogen) atoms. The van der Waals surface area contributed by atoms with Crippen LogP contribution in [0.3, 0.4) is 0 Å². The van der Waals surface area contributed by atoms with Crippen LogP contribution in [-0.2, 0) is 4.79 Å². The second-order valence-electron chi connectivity index (χ2n) is 2.88. The van der Waals surface area contributed by atoms with E-state index in [9.17, 15) is 4.79 Å². The fourth-order valence-electron chi connectivity index (χ4n) is 1.05. The average molecular weight is 279 g/mol. The molecule has 1 unspecified atom stereocenters. The molecule has 76 valence electrons. The Bertz CT molecular complexity index is 357. The van der Waals surface area contributed by atoms with Crippen molar-refractivity contribution in [2.75, 3.05) is 0 Å². The summed E-state index contributed by atoms with van der Waals surface area (Å²) >= 11 is 9.08. The minimum atomic E-state index is -0.920. The SMILES string of the molecule is NC(CC(=O)O)c1ccc(Br)c(Cl)c1. The molecule has 0 fully saturated rings. The van der Waals surface area contributed by atoms with Crippen molar-refractivity contribution in [2.45, 2.75) is 12.5 Å². The molecule has 0 aliphatic rings. The molecule has 0 heterocycles. The van der Waals surface area contributed by atoms with Crippen LogP contribution in [0.25, 0.3) is 0 Å². The lowest BCUT2D eigenvalue weighted by atomic mass is 10.1. The highest BCUT2D eigenvalue weighted by Crippen LogP contribution is 2.26. The topological polar surface area (TPSA) is 63.3 Å². The third-order valence-corrected chi connectivity index (χ3v) is 3.00. The van der Waals surface area contributed by atoms with E-state index in [1.165, 1.54) is 0 Å². The van der Waals surface area contributed by atoms with Crippen LogP contribution in [0.5, 0.6) is 0 Å². The predicted octanol–water partition coefficient (Wildman–Crippen LogP) is 2.58. The van der Waals surface area contributed by atoms with E-state index in [-0.39, 0.29) is 6.42 Å². The molecule has 1 aromatic carbocycles. The molecular formula is C9H9BrClNO2. The Hall–Kier alpha value is -0.580. The number of rotatable bonds is 3. The Morgan fingerprint density at radius 2 is 2.29 bits per heavy atom. The summed E-state index contributed by atoms with van der Waals surface area (Å²) in [5.41, 5.74) is 6.38. The van der Waals surface area contributed by atoms with Gasteiger partial charge < -0.3 is 10.8 Å². The maximum absolute atomic E-state index is 10.4. The molecule has 0 radical (unpaired) electrons. The van der Waals surface area contributed by atoms with Gasteiger partial charge in [-0.05, 0) is 33.6 Å². The van der Waals surface area contributed by atoms with Crippen LogP contribution in [0.15, 0.2) is 22.7 Å². The van der Waals surface area contributed by atoms with Crippen molar-refractivity contribution in [3.8, 4) is 0 Å². The number of carboxylic acid groups (broad SMARTS) is 1. The lowest BCUT2D eigenvalue weighted by Crippen LogP contribution is -2.14. The van der Waals surface area contributed by atoms with E-state index in [2.05, 4.69) is 15.9 Å². The highest BCUT2D eigenvalue weighted by Gasteiger charge is 2.11. The normalized spacial score (nSPS) is 12.5. The van der Waals surface area contributed by atoms with E-state index in [1.807, 2.05) is 0 Å². The van der Waals surface area contributed by atoms with Gasteiger partial charge in [-0.25, -0.2) is 0 Å². The van der Waals surface area contributed by atoms with Gasteiger partial charge in [0.1, 0.15) is 0 Å². The molecule has 1 rings (SSSR count). The maximum atomic E-state index is 10.4. The van der Waals surface area contributed by atoms with E-state index in [0.717, 1.165) is 10.0 Å². The number of halogens is 2. The zero-order valence-electron chi connectivity index (χ0n) is 7.21. The van der Waals surface area contributed by atoms with Gasteiger partial charge in [0.25, 0.3) is 0 Å². The quantitative estimate of drug-likeness (QED) is 0.893. The number of carboxylic acids is 1. The van der Waals surface area contributed by atoms with Crippen LogP contribution in [0.1, 0.15) is 18.0 Å². The van der Waals surface area contributed by atoms with Gasteiger partial charge in [-0.1, -0.05) is 17.7 Å². The molecule has 0 spiro atoms. The molecule has 0 aromatic heterocycles. The van der Waals surface area contributed by atoms with Crippen LogP contribution >= 0.6 is 27.5 Å². The van der Waals surface area contributed by atoms with Gasteiger partial charge in [-0.2, -0.15) is 0 Å². The monoisotopic (exact) mass is 277 g/mol. The van der Waals surface area contributed by atoms with Gasteiger partial charge in [0.2, 0.25) is 0 Å². The van der Waals surface area contributed by atoms with Crippen molar-refractivity contribution in [1.82, 2.24) is 0 Å². The highest BCUT2D eigenvalue weighted by atomic mass is 79.9. The number of hydrogen-bond donors (Lipinski definition) is 2. The average Bonchev–Trinajstić information content (AvgIpc) is 2.08. The summed E-state index contributed by atoms with van der Waals surface area (Å²) < 4.78 is 0.769. The van der Waals surface area contributed by atoms with Crippen molar-refractivity contribution < 1.29 is 9.90 Å². The Labute approximate surface area is 95.0 Å². The summed E-state index contributed by atoms with van der Waals surface area (Å²) in [6.45, 7) is 0. The van der Waals surface area contributed by atoms with Crippen molar-refractivity contribution in [3.63, 3.8) is 0 Å². The summed E-state index contributed by atoms with van der Waals surface area (Å²) in [7, 11) is 0. The molecule has 0 saturated carbocycles. The molecule has 0 aliphatic carbocycles. The van der Waals surface area contributed by atoms with Gasteiger partial charge >= 0.3 is 5.97 Å². The predicted molar refractivity (Wildman–Crippen MR) is 58.3 cm³/mol. The first-order chi connectivity index (χ1) is 6.50. The van der Waals surface area contributed by atoms with Crippen LogP contribution in [0.2, 0.25) is 5.02 Å². The first kappa shape index (κ1) is 11.5. The lowest BCUT2D eigenvalue weighted by molar-refractivity contribution is -0.137. The maximum Gasteiger partial charge on any atom is 0.305 e. The van der Waals surface area contributed by atoms with Crippen molar-refractivity contribution in [2.24, 2.45) is 5.73 Å². The molecule has 1 atom stereocenters. The summed E-state index contributed by atoms with van der Waals surface area (Å²) in [5.74, 6) is -0.920. The van der Waals surface area contributed by atoms with Crippen LogP contribution in [0, 0.1) is 0 Å². The third kappa shape index (κ3) is 2.97. The molecule has 5 heteroatoms. The fourth-order valence-corrected chi connectivity index (χ4v) is 1.48. The largest absolute Gasteiger partial charge is 0.481 e. The Morgan fingerprint density at radius 1 is 1.64 bits per heavy atom. The number of aliphatic carboxylic acids is 1. The van der Waals surface area contributed by atoms with E-state index in [0.29, 0.717) is 5.02 Å². The zero-order chi connectivity index (χ0) is 10.7. The van der Waals surface area contributed by atoms with Gasteiger partial charge in [-0.3, -0.25) is 4.79 Å². The Kier molecular flexibility index (Phi) is 3.92. The van der Waals surface area contributed by atoms with Gasteiger partial charge in [0, 0.05) is 10.5 Å². The molecule has 0 aliphatic heterocycles. The van der Waals surface area contributed by atoms with E-state index in [4.69, 9.17) is 22.4 Å². The third-order valence-electron chi connectivity index (χ3n) is 1.77. The second kappa shape index (κ2) is 4.77. The molecule has 3 nitrogen and oxygen atoms in total. The summed E-state index contributed by atoms with van der Waals surface area (Å²) in [4.78, 5) is 10.4. The molecule has 3 N–H and O–H groups in total. The number of benzene rings is 1. The molecule has 0 bridgehead atoms. The van der Waals surface area contributed by atoms with Crippen molar-refractivity contribution in [1.29, 1.82) is 0 Å². The van der Waals surface area contributed by atoms with E-state index in [1.54, 1.807) is 18.2 Å². The number of nitrogens with two attached hydrogens (primary N) is 1. The summed E-state index contributed by atoms with van der Waals surface area (Å²) in [6, 6.07) is 4.65. The summed E-state index contributed by atoms with van der Waals surface area (Å²) in [6.07, 6.45) is -0.0992. The Balaban J connectivity index is 2.85. The van der Waals surface area contributed by atoms with Crippen LogP contribution < -0.4 is 5.73 Å². The first-order valence-corrected chi connectivity index (χ1v) is 5.10. The van der Waals surface area contributed by atoms with Crippen LogP contribution in [-0.4, -0.2) is 11.1 Å². The minimum absolute atomic E-state index is 0.0992. The summed E-state index contributed by atoms with van der Waals surface area (Å²) in [5, 5.41) is 9.08. The first-order valence-electron chi connectivity index (χ1n) is 3.93. The standard InChI is InChI=1S/C9H9BrClNO2/c10-6-2-1-5(3-7(6)11)8(12)4-9(13)14/h1-3,8H,4,12H2,(H,13,14). The van der Waals surface area contributed by atoms with Gasteiger partial charge in [0.15, 0.2) is 0 Å². The second-order valence-corrected chi connectivity index (χ2v) is 4.14. The zero-order valence-corrected chi connectivity index (χ0v) is 9.55. The van der Waals surface area contributed by atoms with Crippen LogP contribution in [0.4, 0.5) is 0 Å².